The lowest BCUT2D eigenvalue weighted by Gasteiger charge is -2.15. The predicted molar refractivity (Wildman–Crippen MR) is 116 cm³/mol. The Morgan fingerprint density at radius 2 is 1.87 bits per heavy atom. The molecule has 0 aliphatic rings. The predicted octanol–water partition coefficient (Wildman–Crippen LogP) is 5.20. The third-order valence-electron chi connectivity index (χ3n) is 4.14. The molecule has 6 nitrogen and oxygen atoms in total. The van der Waals surface area contributed by atoms with Crippen LogP contribution in [0, 0.1) is 22.5 Å². The lowest BCUT2D eigenvalue weighted by atomic mass is 9.91. The number of halogens is 2. The molecular weight excluding hydrogens is 429 g/mol. The smallest absolute Gasteiger partial charge is 0.211 e. The van der Waals surface area contributed by atoms with Gasteiger partial charge in [0.2, 0.25) is 6.54 Å². The van der Waals surface area contributed by atoms with Crippen LogP contribution in [0.1, 0.15) is 28.3 Å². The maximum absolute atomic E-state index is 12.8. The average molecular weight is 448 g/mol. The van der Waals surface area contributed by atoms with Gasteiger partial charge in [-0.05, 0) is 29.8 Å². The molecule has 1 unspecified atom stereocenters. The molecule has 1 atom stereocenters. The van der Waals surface area contributed by atoms with E-state index in [2.05, 4.69) is 12.5 Å². The summed E-state index contributed by atoms with van der Waals surface area (Å²) in [5.41, 5.74) is 0.884. The molecule has 0 fully saturated rings. The van der Waals surface area contributed by atoms with Gasteiger partial charge < -0.3 is 9.47 Å². The molecule has 0 amide bonds. The third kappa shape index (κ3) is 6.51. The number of hydrogen-bond acceptors (Lipinski definition) is 5. The van der Waals surface area contributed by atoms with Gasteiger partial charge >= 0.3 is 0 Å². The number of Topliss-reactive ketones (excluding diaryl/α,β-unsaturated/α-hetero) is 1. The zero-order valence-electron chi connectivity index (χ0n) is 16.0. The van der Waals surface area contributed by atoms with Crippen molar-refractivity contribution in [3.8, 4) is 23.8 Å². The van der Waals surface area contributed by atoms with Crippen LogP contribution in [-0.2, 0) is 0 Å². The van der Waals surface area contributed by atoms with E-state index in [1.165, 1.54) is 18.2 Å². The van der Waals surface area contributed by atoms with Crippen molar-refractivity contribution < 1.29 is 19.2 Å². The number of rotatable bonds is 11. The Morgan fingerprint density at radius 1 is 1.23 bits per heavy atom. The first-order valence-corrected chi connectivity index (χ1v) is 9.65. The van der Waals surface area contributed by atoms with Gasteiger partial charge in [0.1, 0.15) is 19.0 Å². The van der Waals surface area contributed by atoms with Gasteiger partial charge in [-0.1, -0.05) is 53.9 Å². The molecule has 0 spiro atoms. The fourth-order valence-electron chi connectivity index (χ4n) is 2.77. The molecule has 0 aromatic heterocycles. The second-order valence-electron chi connectivity index (χ2n) is 6.27. The van der Waals surface area contributed by atoms with E-state index in [0.29, 0.717) is 11.3 Å². The van der Waals surface area contributed by atoms with E-state index < -0.39 is 17.4 Å². The number of carbonyl (C=O) groups excluding carboxylic acids is 1. The Labute approximate surface area is 184 Å². The Morgan fingerprint density at radius 3 is 2.40 bits per heavy atom. The van der Waals surface area contributed by atoms with E-state index in [1.807, 2.05) is 0 Å². The first kappa shape index (κ1) is 23.3. The van der Waals surface area contributed by atoms with Gasteiger partial charge in [-0.3, -0.25) is 14.9 Å². The lowest BCUT2D eigenvalue weighted by Crippen LogP contribution is -2.17. The van der Waals surface area contributed by atoms with E-state index in [1.54, 1.807) is 24.3 Å². The molecular formula is C22H19Cl2NO5. The second-order valence-corrected chi connectivity index (χ2v) is 7.08. The molecule has 2 rings (SSSR count). The monoisotopic (exact) mass is 447 g/mol. The number of nitro groups is 1. The summed E-state index contributed by atoms with van der Waals surface area (Å²) < 4.78 is 10.7. The van der Waals surface area contributed by atoms with Crippen molar-refractivity contribution in [3.63, 3.8) is 0 Å². The van der Waals surface area contributed by atoms with Crippen LogP contribution in [0.2, 0.25) is 10.0 Å². The van der Waals surface area contributed by atoms with Crippen molar-refractivity contribution in [2.45, 2.75) is 12.3 Å². The summed E-state index contributed by atoms with van der Waals surface area (Å²) in [6.07, 6.45) is 6.60. The Bertz CT molecular complexity index is 943. The van der Waals surface area contributed by atoms with Crippen LogP contribution < -0.4 is 9.47 Å². The van der Waals surface area contributed by atoms with Crippen molar-refractivity contribution in [2.75, 3.05) is 19.8 Å². The molecule has 0 radical (unpaired) electrons. The summed E-state index contributed by atoms with van der Waals surface area (Å²) in [6.45, 7) is 3.47. The minimum atomic E-state index is -0.636. The summed E-state index contributed by atoms with van der Waals surface area (Å²) in [6, 6.07) is 9.55. The van der Waals surface area contributed by atoms with E-state index in [-0.39, 0.29) is 46.8 Å². The van der Waals surface area contributed by atoms with Gasteiger partial charge in [-0.15, -0.1) is 6.42 Å². The van der Waals surface area contributed by atoms with Crippen LogP contribution >= 0.6 is 23.2 Å². The van der Waals surface area contributed by atoms with Gasteiger partial charge in [0.25, 0.3) is 0 Å². The Kier molecular flexibility index (Phi) is 8.72. The van der Waals surface area contributed by atoms with Crippen molar-refractivity contribution in [3.05, 3.63) is 80.3 Å². The molecule has 0 N–H and O–H groups in total. The number of carbonyl (C=O) groups is 1. The SMILES string of the molecule is C#CCOc1ccc(C(CC(=O)c2cc(Cl)c(OCC=C)c(Cl)c2)C[N+](=O)[O-])cc1. The molecule has 0 aliphatic carbocycles. The number of hydrogen-bond donors (Lipinski definition) is 0. The topological polar surface area (TPSA) is 78.7 Å². The molecule has 8 heteroatoms. The highest BCUT2D eigenvalue weighted by atomic mass is 35.5. The third-order valence-corrected chi connectivity index (χ3v) is 4.70. The number of nitrogens with zero attached hydrogens (tertiary/aromatic N) is 1. The van der Waals surface area contributed by atoms with Gasteiger partial charge in [0.05, 0.1) is 16.0 Å². The lowest BCUT2D eigenvalue weighted by molar-refractivity contribution is -0.483. The quantitative estimate of drug-likeness (QED) is 0.155. The van der Waals surface area contributed by atoms with Gasteiger partial charge in [0, 0.05) is 16.9 Å². The van der Waals surface area contributed by atoms with E-state index in [0.717, 1.165) is 0 Å². The van der Waals surface area contributed by atoms with Crippen LogP contribution in [0.3, 0.4) is 0 Å². The number of ether oxygens (including phenoxy) is 2. The standard InChI is InChI=1S/C22H19Cl2NO5/c1-3-9-29-18-7-5-15(6-8-18)17(14-25(27)28)13-21(26)16-11-19(23)22(20(24)12-16)30-10-4-2/h1,4-8,11-12,17H,2,9-10,13-14H2. The van der Waals surface area contributed by atoms with E-state index in [4.69, 9.17) is 39.1 Å². The number of ketones is 1. The molecule has 30 heavy (non-hydrogen) atoms. The van der Waals surface area contributed by atoms with Crippen molar-refractivity contribution in [1.82, 2.24) is 0 Å². The van der Waals surface area contributed by atoms with Crippen LogP contribution in [0.4, 0.5) is 0 Å². The van der Waals surface area contributed by atoms with Crippen molar-refractivity contribution in [1.29, 1.82) is 0 Å². The van der Waals surface area contributed by atoms with E-state index >= 15 is 0 Å². The molecule has 156 valence electrons. The van der Waals surface area contributed by atoms with Crippen molar-refractivity contribution >= 4 is 29.0 Å². The fraction of sp³-hybridized carbons (Fsp3) is 0.227. The van der Waals surface area contributed by atoms with Crippen LogP contribution in [-0.4, -0.2) is 30.5 Å². The van der Waals surface area contributed by atoms with Gasteiger partial charge in [-0.25, -0.2) is 0 Å². The summed E-state index contributed by atoms with van der Waals surface area (Å²) >= 11 is 12.4. The molecule has 2 aromatic rings. The zero-order chi connectivity index (χ0) is 22.1. The second kappa shape index (κ2) is 11.2. The van der Waals surface area contributed by atoms with E-state index in [9.17, 15) is 14.9 Å². The first-order chi connectivity index (χ1) is 14.3. The Balaban J connectivity index is 2.22. The minimum Gasteiger partial charge on any atom is -0.486 e. The molecule has 0 aliphatic heterocycles. The first-order valence-electron chi connectivity index (χ1n) is 8.89. The highest BCUT2D eigenvalue weighted by Gasteiger charge is 2.23. The van der Waals surface area contributed by atoms with Gasteiger partial charge in [0.15, 0.2) is 11.5 Å². The maximum atomic E-state index is 12.8. The van der Waals surface area contributed by atoms with Crippen molar-refractivity contribution in [2.24, 2.45) is 0 Å². The summed E-state index contributed by atoms with van der Waals surface area (Å²) in [5, 5.41) is 11.5. The molecule has 2 aromatic carbocycles. The summed E-state index contributed by atoms with van der Waals surface area (Å²) in [5.74, 6) is 2.18. The molecule has 0 saturated carbocycles. The molecule has 0 saturated heterocycles. The minimum absolute atomic E-state index is 0.0922. The average Bonchev–Trinajstić information content (AvgIpc) is 2.71. The highest BCUT2D eigenvalue weighted by Crippen LogP contribution is 2.35. The number of benzene rings is 2. The highest BCUT2D eigenvalue weighted by molar-refractivity contribution is 6.37. The van der Waals surface area contributed by atoms with Gasteiger partial charge in [-0.2, -0.15) is 0 Å². The van der Waals surface area contributed by atoms with Crippen LogP contribution in [0.5, 0.6) is 11.5 Å². The fourth-order valence-corrected chi connectivity index (χ4v) is 3.37. The summed E-state index contributed by atoms with van der Waals surface area (Å²) in [4.78, 5) is 23.5. The zero-order valence-corrected chi connectivity index (χ0v) is 17.5. The summed E-state index contributed by atoms with van der Waals surface area (Å²) in [7, 11) is 0. The largest absolute Gasteiger partial charge is 0.486 e. The van der Waals surface area contributed by atoms with Crippen LogP contribution in [0.25, 0.3) is 0 Å². The molecule has 0 heterocycles. The molecule has 0 bridgehead atoms. The number of terminal acetylenes is 1. The normalized spacial score (nSPS) is 11.2. The van der Waals surface area contributed by atoms with Crippen LogP contribution in [0.15, 0.2) is 49.1 Å². The Hall–Kier alpha value is -3.01. The maximum Gasteiger partial charge on any atom is 0.211 e.